The van der Waals surface area contributed by atoms with Crippen LogP contribution in [0.5, 0.6) is 11.6 Å². The van der Waals surface area contributed by atoms with E-state index in [0.717, 1.165) is 5.69 Å². The average Bonchev–Trinajstić information content (AvgIpc) is 2.66. The standard InChI is InChI=1S/C21H22N4O2/c1-13(2)15-6-10-18(11-7-15)27-21-19(22)20(23-12-24-21)25-17-8-4-16(5-9-17)14(3)26/h4-13H,22H2,1-3H3,(H,23,24,25). The minimum atomic E-state index is 0.0160. The van der Waals surface area contributed by atoms with Gasteiger partial charge in [0.25, 0.3) is 0 Å². The van der Waals surface area contributed by atoms with Crippen molar-refractivity contribution in [2.75, 3.05) is 11.1 Å². The molecule has 0 bridgehead atoms. The largest absolute Gasteiger partial charge is 0.437 e. The summed E-state index contributed by atoms with van der Waals surface area (Å²) in [4.78, 5) is 19.7. The lowest BCUT2D eigenvalue weighted by Gasteiger charge is -2.12. The minimum Gasteiger partial charge on any atom is -0.437 e. The number of nitrogen functional groups attached to an aromatic ring is 1. The Kier molecular flexibility index (Phi) is 5.35. The summed E-state index contributed by atoms with van der Waals surface area (Å²) < 4.78 is 5.81. The maximum absolute atomic E-state index is 11.4. The van der Waals surface area contributed by atoms with Crippen molar-refractivity contribution < 1.29 is 9.53 Å². The van der Waals surface area contributed by atoms with Crippen molar-refractivity contribution in [1.29, 1.82) is 0 Å². The molecule has 0 spiro atoms. The van der Waals surface area contributed by atoms with Crippen LogP contribution in [0.15, 0.2) is 54.9 Å². The molecule has 0 fully saturated rings. The molecule has 138 valence electrons. The van der Waals surface area contributed by atoms with Crippen molar-refractivity contribution in [2.45, 2.75) is 26.7 Å². The fraction of sp³-hybridized carbons (Fsp3) is 0.190. The number of hydrogen-bond donors (Lipinski definition) is 2. The van der Waals surface area contributed by atoms with Gasteiger partial charge in [-0.1, -0.05) is 26.0 Å². The molecule has 3 aromatic rings. The number of Topliss-reactive ketones (excluding diaryl/α,β-unsaturated/α-hetero) is 1. The monoisotopic (exact) mass is 362 g/mol. The van der Waals surface area contributed by atoms with Gasteiger partial charge in [0.05, 0.1) is 0 Å². The smallest absolute Gasteiger partial charge is 0.248 e. The van der Waals surface area contributed by atoms with E-state index < -0.39 is 0 Å². The van der Waals surface area contributed by atoms with Gasteiger partial charge < -0.3 is 15.8 Å². The number of nitrogens with zero attached hydrogens (tertiary/aromatic N) is 2. The molecule has 0 atom stereocenters. The van der Waals surface area contributed by atoms with Crippen molar-refractivity contribution in [3.63, 3.8) is 0 Å². The molecule has 0 radical (unpaired) electrons. The number of anilines is 3. The first-order valence-corrected chi connectivity index (χ1v) is 8.70. The molecule has 27 heavy (non-hydrogen) atoms. The second kappa shape index (κ2) is 7.86. The summed E-state index contributed by atoms with van der Waals surface area (Å²) in [5, 5.41) is 3.12. The summed E-state index contributed by atoms with van der Waals surface area (Å²) in [6.45, 7) is 5.81. The molecule has 3 N–H and O–H groups in total. The Labute approximate surface area is 158 Å². The predicted octanol–water partition coefficient (Wildman–Crippen LogP) is 4.92. The first-order valence-electron chi connectivity index (χ1n) is 8.70. The summed E-state index contributed by atoms with van der Waals surface area (Å²) in [6.07, 6.45) is 1.39. The molecule has 1 heterocycles. The summed E-state index contributed by atoms with van der Waals surface area (Å²) in [6, 6.07) is 14.9. The van der Waals surface area contributed by atoms with E-state index >= 15 is 0 Å². The molecule has 0 amide bonds. The second-order valence-corrected chi connectivity index (χ2v) is 6.53. The SMILES string of the molecule is CC(=O)c1ccc(Nc2ncnc(Oc3ccc(C(C)C)cc3)c2N)cc1. The van der Waals surface area contributed by atoms with Crippen LogP contribution in [0.3, 0.4) is 0 Å². The Morgan fingerprint density at radius 3 is 2.30 bits per heavy atom. The second-order valence-electron chi connectivity index (χ2n) is 6.53. The van der Waals surface area contributed by atoms with Gasteiger partial charge in [0.2, 0.25) is 5.88 Å². The van der Waals surface area contributed by atoms with E-state index in [4.69, 9.17) is 10.5 Å². The topological polar surface area (TPSA) is 90.1 Å². The summed E-state index contributed by atoms with van der Waals surface area (Å²) >= 11 is 0. The van der Waals surface area contributed by atoms with Gasteiger partial charge in [-0.15, -0.1) is 0 Å². The highest BCUT2D eigenvalue weighted by molar-refractivity contribution is 5.94. The summed E-state index contributed by atoms with van der Waals surface area (Å²) in [7, 11) is 0. The first kappa shape index (κ1) is 18.4. The number of nitrogens with two attached hydrogens (primary N) is 1. The van der Waals surface area contributed by atoms with Crippen LogP contribution in [-0.2, 0) is 0 Å². The number of aromatic nitrogens is 2. The van der Waals surface area contributed by atoms with E-state index in [-0.39, 0.29) is 11.7 Å². The number of benzene rings is 2. The zero-order chi connectivity index (χ0) is 19.4. The minimum absolute atomic E-state index is 0.0160. The Balaban J connectivity index is 1.78. The Morgan fingerprint density at radius 1 is 1.04 bits per heavy atom. The Morgan fingerprint density at radius 2 is 1.70 bits per heavy atom. The molecule has 0 saturated heterocycles. The number of rotatable bonds is 6. The zero-order valence-electron chi connectivity index (χ0n) is 15.6. The van der Waals surface area contributed by atoms with Gasteiger partial charge >= 0.3 is 0 Å². The maximum Gasteiger partial charge on any atom is 0.248 e. The summed E-state index contributed by atoms with van der Waals surface area (Å²) in [5.74, 6) is 1.84. The lowest BCUT2D eigenvalue weighted by molar-refractivity contribution is 0.101. The average molecular weight is 362 g/mol. The zero-order valence-corrected chi connectivity index (χ0v) is 15.6. The van der Waals surface area contributed by atoms with E-state index in [1.807, 2.05) is 24.3 Å². The van der Waals surface area contributed by atoms with Gasteiger partial charge in [-0.3, -0.25) is 4.79 Å². The van der Waals surface area contributed by atoms with Crippen molar-refractivity contribution in [2.24, 2.45) is 0 Å². The lowest BCUT2D eigenvalue weighted by atomic mass is 10.0. The number of carbonyl (C=O) groups is 1. The molecule has 3 rings (SSSR count). The van der Waals surface area contributed by atoms with E-state index in [1.165, 1.54) is 18.8 Å². The van der Waals surface area contributed by atoms with E-state index in [0.29, 0.717) is 28.7 Å². The van der Waals surface area contributed by atoms with Gasteiger partial charge in [0.15, 0.2) is 11.6 Å². The van der Waals surface area contributed by atoms with Gasteiger partial charge in [-0.25, -0.2) is 4.98 Å². The molecule has 0 aliphatic rings. The summed E-state index contributed by atoms with van der Waals surface area (Å²) in [5.41, 5.74) is 9.11. The van der Waals surface area contributed by atoms with Crippen LogP contribution in [0.1, 0.15) is 42.6 Å². The number of ether oxygens (including phenoxy) is 1. The molecule has 0 aliphatic heterocycles. The number of carbonyl (C=O) groups excluding carboxylic acids is 1. The Hall–Kier alpha value is -3.41. The van der Waals surface area contributed by atoms with Crippen molar-refractivity contribution in [1.82, 2.24) is 9.97 Å². The highest BCUT2D eigenvalue weighted by Gasteiger charge is 2.11. The van der Waals surface area contributed by atoms with Crippen LogP contribution in [0.4, 0.5) is 17.2 Å². The van der Waals surface area contributed by atoms with Crippen molar-refractivity contribution in [3.8, 4) is 11.6 Å². The number of hydrogen-bond acceptors (Lipinski definition) is 6. The maximum atomic E-state index is 11.4. The molecule has 6 nitrogen and oxygen atoms in total. The molecular formula is C21H22N4O2. The van der Waals surface area contributed by atoms with Crippen LogP contribution in [0.25, 0.3) is 0 Å². The third-order valence-corrected chi connectivity index (χ3v) is 4.16. The highest BCUT2D eigenvalue weighted by Crippen LogP contribution is 2.31. The van der Waals surface area contributed by atoms with Crippen LogP contribution >= 0.6 is 0 Å². The number of nitrogens with one attached hydrogen (secondary N) is 1. The van der Waals surface area contributed by atoms with E-state index in [9.17, 15) is 4.79 Å². The molecule has 0 unspecified atom stereocenters. The molecular weight excluding hydrogens is 340 g/mol. The van der Waals surface area contributed by atoms with Gasteiger partial charge in [-0.05, 0) is 54.8 Å². The molecule has 0 saturated carbocycles. The van der Waals surface area contributed by atoms with Crippen LogP contribution in [0.2, 0.25) is 0 Å². The quantitative estimate of drug-likeness (QED) is 0.605. The third-order valence-electron chi connectivity index (χ3n) is 4.16. The lowest BCUT2D eigenvalue weighted by Crippen LogP contribution is -2.03. The fourth-order valence-corrected chi connectivity index (χ4v) is 2.52. The normalized spacial score (nSPS) is 10.7. The predicted molar refractivity (Wildman–Crippen MR) is 107 cm³/mol. The van der Waals surface area contributed by atoms with E-state index in [1.54, 1.807) is 24.3 Å². The molecule has 0 aliphatic carbocycles. The van der Waals surface area contributed by atoms with E-state index in [2.05, 4.69) is 29.1 Å². The third kappa shape index (κ3) is 4.41. The van der Waals surface area contributed by atoms with Gasteiger partial charge in [0, 0.05) is 11.3 Å². The van der Waals surface area contributed by atoms with Gasteiger partial charge in [-0.2, -0.15) is 4.98 Å². The molecule has 2 aromatic carbocycles. The van der Waals surface area contributed by atoms with Crippen LogP contribution in [0, 0.1) is 0 Å². The van der Waals surface area contributed by atoms with Gasteiger partial charge in [0.1, 0.15) is 17.8 Å². The van der Waals surface area contributed by atoms with Crippen LogP contribution in [-0.4, -0.2) is 15.8 Å². The molecule has 6 heteroatoms. The van der Waals surface area contributed by atoms with Crippen molar-refractivity contribution in [3.05, 3.63) is 66.0 Å². The van der Waals surface area contributed by atoms with Crippen molar-refractivity contribution >= 4 is 23.0 Å². The Bertz CT molecular complexity index is 935. The first-order chi connectivity index (χ1) is 12.9. The number of ketones is 1. The fourth-order valence-electron chi connectivity index (χ4n) is 2.52. The van der Waals surface area contributed by atoms with Crippen LogP contribution < -0.4 is 15.8 Å². The molecule has 1 aromatic heterocycles. The highest BCUT2D eigenvalue weighted by atomic mass is 16.5.